The van der Waals surface area contributed by atoms with Gasteiger partial charge in [-0.25, -0.2) is 0 Å². The SMILES string of the molecule is C=C\C=C1/C(=C)C(C)(C)C(=C)/C1=C\C=C/C.CC.CC. The molecule has 0 aromatic rings. The van der Waals surface area contributed by atoms with Crippen LogP contribution < -0.4 is 0 Å². The molecule has 1 fully saturated rings. The average molecular weight is 272 g/mol. The topological polar surface area (TPSA) is 0 Å². The summed E-state index contributed by atoms with van der Waals surface area (Å²) < 4.78 is 0. The smallest absolute Gasteiger partial charge is 0.0147 e. The van der Waals surface area contributed by atoms with Gasteiger partial charge in [0.25, 0.3) is 0 Å². The Morgan fingerprint density at radius 1 is 0.850 bits per heavy atom. The maximum Gasteiger partial charge on any atom is 0.0147 e. The van der Waals surface area contributed by atoms with Crippen LogP contribution in [0.3, 0.4) is 0 Å². The maximum absolute atomic E-state index is 4.19. The lowest BCUT2D eigenvalue weighted by Gasteiger charge is -2.19. The molecule has 0 atom stereocenters. The molecule has 1 saturated carbocycles. The van der Waals surface area contributed by atoms with Crippen molar-refractivity contribution in [2.45, 2.75) is 48.5 Å². The van der Waals surface area contributed by atoms with Crippen molar-refractivity contribution in [3.63, 3.8) is 0 Å². The summed E-state index contributed by atoms with van der Waals surface area (Å²) in [5.74, 6) is 0. The second-order valence-corrected chi connectivity index (χ2v) is 4.50. The molecule has 0 heterocycles. The highest BCUT2D eigenvalue weighted by Crippen LogP contribution is 2.51. The van der Waals surface area contributed by atoms with Crippen molar-refractivity contribution >= 4 is 0 Å². The summed E-state index contributed by atoms with van der Waals surface area (Å²) in [5, 5.41) is 0. The Bertz CT molecular complexity index is 423. The van der Waals surface area contributed by atoms with Gasteiger partial charge in [-0.2, -0.15) is 0 Å². The van der Waals surface area contributed by atoms with Gasteiger partial charge in [-0.15, -0.1) is 0 Å². The number of hydrogen-bond acceptors (Lipinski definition) is 0. The molecular weight excluding hydrogens is 240 g/mol. The highest BCUT2D eigenvalue weighted by Gasteiger charge is 2.37. The highest BCUT2D eigenvalue weighted by molar-refractivity contribution is 5.68. The van der Waals surface area contributed by atoms with E-state index in [1.807, 2.05) is 52.8 Å². The first-order valence-corrected chi connectivity index (χ1v) is 7.52. The minimum absolute atomic E-state index is 0.0533. The van der Waals surface area contributed by atoms with Crippen molar-refractivity contribution in [2.24, 2.45) is 5.41 Å². The summed E-state index contributed by atoms with van der Waals surface area (Å²) in [7, 11) is 0. The zero-order valence-electron chi connectivity index (χ0n) is 14.5. The van der Waals surface area contributed by atoms with Gasteiger partial charge in [0.15, 0.2) is 0 Å². The minimum Gasteiger partial charge on any atom is -0.0990 e. The fourth-order valence-electron chi connectivity index (χ4n) is 1.87. The van der Waals surface area contributed by atoms with E-state index in [-0.39, 0.29) is 5.41 Å². The molecule has 0 amide bonds. The maximum atomic E-state index is 4.19. The first kappa shape index (κ1) is 20.8. The zero-order chi connectivity index (χ0) is 16.3. The van der Waals surface area contributed by atoms with Crippen LogP contribution in [0.1, 0.15) is 48.5 Å². The Balaban J connectivity index is 0. The Morgan fingerprint density at radius 2 is 1.25 bits per heavy atom. The van der Waals surface area contributed by atoms with Crippen molar-refractivity contribution in [2.75, 3.05) is 0 Å². The van der Waals surface area contributed by atoms with E-state index in [0.29, 0.717) is 0 Å². The molecule has 0 spiro atoms. The van der Waals surface area contributed by atoms with Crippen LogP contribution in [0.4, 0.5) is 0 Å². The largest absolute Gasteiger partial charge is 0.0990 e. The van der Waals surface area contributed by atoms with E-state index in [4.69, 9.17) is 0 Å². The molecule has 1 rings (SSSR count). The Labute approximate surface area is 127 Å². The van der Waals surface area contributed by atoms with Gasteiger partial charge >= 0.3 is 0 Å². The summed E-state index contributed by atoms with van der Waals surface area (Å²) in [6.07, 6.45) is 9.96. The normalized spacial score (nSPS) is 20.6. The van der Waals surface area contributed by atoms with Crippen LogP contribution in [0.5, 0.6) is 0 Å². The van der Waals surface area contributed by atoms with Crippen LogP contribution in [0.25, 0.3) is 0 Å². The van der Waals surface area contributed by atoms with E-state index < -0.39 is 0 Å². The summed E-state index contributed by atoms with van der Waals surface area (Å²) in [6.45, 7) is 26.4. The molecule has 0 bridgehead atoms. The van der Waals surface area contributed by atoms with E-state index in [9.17, 15) is 0 Å². The summed E-state index contributed by atoms with van der Waals surface area (Å²) in [6, 6.07) is 0. The summed E-state index contributed by atoms with van der Waals surface area (Å²) in [5.41, 5.74) is 4.52. The first-order valence-electron chi connectivity index (χ1n) is 7.52. The number of rotatable bonds is 2. The van der Waals surface area contributed by atoms with E-state index in [1.54, 1.807) is 6.08 Å². The van der Waals surface area contributed by atoms with Gasteiger partial charge in [0.1, 0.15) is 0 Å². The molecule has 0 saturated heterocycles. The van der Waals surface area contributed by atoms with E-state index in [2.05, 4.69) is 39.7 Å². The molecule has 0 unspecified atom stereocenters. The van der Waals surface area contributed by atoms with Crippen LogP contribution in [-0.2, 0) is 0 Å². The van der Waals surface area contributed by atoms with Gasteiger partial charge in [-0.1, -0.05) is 91.7 Å². The highest BCUT2D eigenvalue weighted by atomic mass is 14.4. The van der Waals surface area contributed by atoms with E-state index in [1.165, 1.54) is 5.57 Å². The lowest BCUT2D eigenvalue weighted by Crippen LogP contribution is -2.09. The Morgan fingerprint density at radius 3 is 1.60 bits per heavy atom. The standard InChI is InChI=1S/C16H20.2C2H6/c1-7-9-11-15-13(4)16(5,6)12(3)14(15)10-8-2;2*1-2/h7-11H,2-4H2,1,5-6H3;2*1-2H3/b9-7-,14-10+,15-11+;;. The van der Waals surface area contributed by atoms with Gasteiger partial charge < -0.3 is 0 Å². The molecule has 0 aromatic heterocycles. The van der Waals surface area contributed by atoms with Crippen LogP contribution >= 0.6 is 0 Å². The van der Waals surface area contributed by atoms with Gasteiger partial charge in [-0.3, -0.25) is 0 Å². The third-order valence-corrected chi connectivity index (χ3v) is 3.19. The third-order valence-electron chi connectivity index (χ3n) is 3.19. The fourth-order valence-corrected chi connectivity index (χ4v) is 1.87. The number of hydrogen-bond donors (Lipinski definition) is 0. The predicted octanol–water partition coefficient (Wildman–Crippen LogP) is 6.81. The van der Waals surface area contributed by atoms with Crippen molar-refractivity contribution in [3.8, 4) is 0 Å². The molecule has 0 radical (unpaired) electrons. The summed E-state index contributed by atoms with van der Waals surface area (Å²) in [4.78, 5) is 0. The van der Waals surface area contributed by atoms with E-state index in [0.717, 1.165) is 16.7 Å². The van der Waals surface area contributed by atoms with Crippen molar-refractivity contribution in [1.29, 1.82) is 0 Å². The minimum atomic E-state index is -0.0533. The van der Waals surface area contributed by atoms with Gasteiger partial charge in [-0.05, 0) is 29.2 Å². The van der Waals surface area contributed by atoms with Crippen LogP contribution in [-0.4, -0.2) is 0 Å². The first-order chi connectivity index (χ1) is 9.46. The van der Waals surface area contributed by atoms with Gasteiger partial charge in [0.05, 0.1) is 0 Å². The molecule has 112 valence electrons. The molecule has 1 aliphatic rings. The Hall–Kier alpha value is -1.56. The number of allylic oxidation sites excluding steroid dienone is 9. The molecular formula is C20H32. The van der Waals surface area contributed by atoms with Crippen LogP contribution in [0.15, 0.2) is 72.4 Å². The lowest BCUT2D eigenvalue weighted by atomic mass is 9.84. The molecule has 0 nitrogen and oxygen atoms in total. The molecule has 0 aliphatic heterocycles. The van der Waals surface area contributed by atoms with Crippen molar-refractivity contribution < 1.29 is 0 Å². The molecule has 0 aromatic carbocycles. The van der Waals surface area contributed by atoms with E-state index >= 15 is 0 Å². The second-order valence-electron chi connectivity index (χ2n) is 4.50. The Kier molecular flexibility index (Phi) is 10.6. The molecule has 0 heteroatoms. The quantitative estimate of drug-likeness (QED) is 0.518. The van der Waals surface area contributed by atoms with Crippen molar-refractivity contribution in [1.82, 2.24) is 0 Å². The second kappa shape index (κ2) is 10.3. The van der Waals surface area contributed by atoms with Crippen LogP contribution in [0.2, 0.25) is 0 Å². The lowest BCUT2D eigenvalue weighted by molar-refractivity contribution is 0.587. The zero-order valence-corrected chi connectivity index (χ0v) is 14.5. The molecule has 20 heavy (non-hydrogen) atoms. The predicted molar refractivity (Wildman–Crippen MR) is 95.9 cm³/mol. The average Bonchev–Trinajstić information content (AvgIpc) is 2.63. The van der Waals surface area contributed by atoms with Gasteiger partial charge in [0, 0.05) is 5.41 Å². The third kappa shape index (κ3) is 4.52. The van der Waals surface area contributed by atoms with Crippen molar-refractivity contribution in [3.05, 3.63) is 72.4 Å². The summed E-state index contributed by atoms with van der Waals surface area (Å²) >= 11 is 0. The monoisotopic (exact) mass is 272 g/mol. The molecule has 0 N–H and O–H groups in total. The molecule has 1 aliphatic carbocycles. The van der Waals surface area contributed by atoms with Gasteiger partial charge in [0.2, 0.25) is 0 Å². The van der Waals surface area contributed by atoms with Crippen LogP contribution in [0, 0.1) is 5.41 Å². The fraction of sp³-hybridized carbons (Fsp3) is 0.400.